The van der Waals surface area contributed by atoms with Crippen molar-refractivity contribution in [2.24, 2.45) is 11.8 Å². The largest absolute Gasteiger partial charge is 0.466 e. The molecular weight excluding hydrogens is 537 g/mol. The first-order chi connectivity index (χ1) is 19.3. The van der Waals surface area contributed by atoms with Crippen molar-refractivity contribution >= 4 is 11.7 Å². The summed E-state index contributed by atoms with van der Waals surface area (Å²) in [6, 6.07) is 13.9. The van der Waals surface area contributed by atoms with Crippen LogP contribution in [-0.2, 0) is 15.7 Å². The number of esters is 1. The molecule has 8 heteroatoms. The molecule has 0 aromatic heterocycles. The van der Waals surface area contributed by atoms with Gasteiger partial charge in [0.15, 0.2) is 0 Å². The summed E-state index contributed by atoms with van der Waals surface area (Å²) in [4.78, 5) is 13.1. The number of alkyl halides is 3. The van der Waals surface area contributed by atoms with Crippen molar-refractivity contribution in [2.75, 3.05) is 11.9 Å². The highest BCUT2D eigenvalue weighted by atomic mass is 19.4. The Morgan fingerprint density at radius 1 is 0.854 bits per heavy atom. The monoisotopic (exact) mass is 575 g/mol. The van der Waals surface area contributed by atoms with Crippen LogP contribution in [0.4, 0.5) is 27.6 Å². The van der Waals surface area contributed by atoms with Crippen molar-refractivity contribution in [3.63, 3.8) is 0 Å². The van der Waals surface area contributed by atoms with E-state index in [1.807, 2.05) is 27.7 Å². The molecule has 0 fully saturated rings. The third-order valence-electron chi connectivity index (χ3n) is 6.86. The van der Waals surface area contributed by atoms with E-state index in [0.717, 1.165) is 18.2 Å². The van der Waals surface area contributed by atoms with Crippen molar-refractivity contribution in [1.82, 2.24) is 0 Å². The predicted molar refractivity (Wildman–Crippen MR) is 153 cm³/mol. The summed E-state index contributed by atoms with van der Waals surface area (Å²) in [5.41, 5.74) is -0.100. The van der Waals surface area contributed by atoms with Gasteiger partial charge in [0.1, 0.15) is 11.6 Å². The molecule has 0 radical (unpaired) electrons. The quantitative estimate of drug-likeness (QED) is 0.173. The van der Waals surface area contributed by atoms with Gasteiger partial charge in [-0.05, 0) is 84.5 Å². The number of hydrogen-bond donors (Lipinski definition) is 1. The van der Waals surface area contributed by atoms with Crippen LogP contribution < -0.4 is 5.32 Å². The molecule has 3 nitrogen and oxygen atoms in total. The fraction of sp³-hybridized carbons (Fsp3) is 0.424. The summed E-state index contributed by atoms with van der Waals surface area (Å²) >= 11 is 0. The summed E-state index contributed by atoms with van der Waals surface area (Å²) in [5.74, 6) is -3.43. The summed E-state index contributed by atoms with van der Waals surface area (Å²) in [7, 11) is 0. The van der Waals surface area contributed by atoms with Crippen LogP contribution in [0.1, 0.15) is 82.5 Å². The minimum absolute atomic E-state index is 0.0284. The molecule has 0 aliphatic heterocycles. The topological polar surface area (TPSA) is 38.3 Å². The Morgan fingerprint density at radius 3 is 2.02 bits per heavy atom. The number of ether oxygens (including phenoxy) is 1. The van der Waals surface area contributed by atoms with Crippen LogP contribution in [0.25, 0.3) is 11.1 Å². The number of carbonyl (C=O) groups is 1. The maximum atomic E-state index is 15.0. The number of benzene rings is 3. The van der Waals surface area contributed by atoms with Gasteiger partial charge in [-0.1, -0.05) is 58.0 Å². The molecule has 0 heterocycles. The van der Waals surface area contributed by atoms with E-state index in [1.165, 1.54) is 12.1 Å². The molecule has 0 aliphatic carbocycles. The Bertz CT molecular complexity index is 1280. The van der Waals surface area contributed by atoms with Gasteiger partial charge >= 0.3 is 12.1 Å². The summed E-state index contributed by atoms with van der Waals surface area (Å²) < 4.78 is 78.6. The highest BCUT2D eigenvalue weighted by Gasteiger charge is 2.41. The fourth-order valence-electron chi connectivity index (χ4n) is 5.02. The molecule has 0 aliphatic rings. The van der Waals surface area contributed by atoms with Crippen molar-refractivity contribution in [3.8, 4) is 11.1 Å². The first-order valence-electron chi connectivity index (χ1n) is 14.0. The molecule has 3 aromatic carbocycles. The predicted octanol–water partition coefficient (Wildman–Crippen LogP) is 9.93. The van der Waals surface area contributed by atoms with E-state index < -0.39 is 41.3 Å². The molecule has 2 atom stereocenters. The zero-order valence-electron chi connectivity index (χ0n) is 24.1. The molecule has 1 N–H and O–H groups in total. The lowest BCUT2D eigenvalue weighted by Crippen LogP contribution is -2.24. The van der Waals surface area contributed by atoms with Crippen LogP contribution in [0.2, 0.25) is 0 Å². The molecular formula is C33H38F5NO2. The minimum Gasteiger partial charge on any atom is -0.466 e. The van der Waals surface area contributed by atoms with Crippen LogP contribution in [0.15, 0.2) is 60.7 Å². The molecule has 0 bridgehead atoms. The van der Waals surface area contributed by atoms with Crippen molar-refractivity contribution in [1.29, 1.82) is 0 Å². The second-order valence-corrected chi connectivity index (χ2v) is 11.2. The van der Waals surface area contributed by atoms with Crippen molar-refractivity contribution < 1.29 is 31.5 Å². The lowest BCUT2D eigenvalue weighted by Gasteiger charge is -2.28. The lowest BCUT2D eigenvalue weighted by atomic mass is 9.84. The standard InChI is InChI=1S/C33H38F5NO2/c1-6-41-32(40)28(14-21(4)5)27-17-23(22-10-8-7-9-11-22)18-30(31(27)33(36,37)38)39-29(13-12-20(2)3)24-15-25(34)19-26(35)16-24/h7-11,15-21,28-29,39H,6,12-14H2,1-5H3. The second-order valence-electron chi connectivity index (χ2n) is 11.2. The zero-order valence-corrected chi connectivity index (χ0v) is 24.1. The molecule has 222 valence electrons. The van der Waals surface area contributed by atoms with Crippen LogP contribution in [-0.4, -0.2) is 12.6 Å². The van der Waals surface area contributed by atoms with Crippen LogP contribution in [0.5, 0.6) is 0 Å². The lowest BCUT2D eigenvalue weighted by molar-refractivity contribution is -0.146. The second kappa shape index (κ2) is 14.0. The van der Waals surface area contributed by atoms with Gasteiger partial charge in [-0.25, -0.2) is 8.78 Å². The van der Waals surface area contributed by atoms with Gasteiger partial charge in [0.05, 0.1) is 24.1 Å². The van der Waals surface area contributed by atoms with Crippen LogP contribution >= 0.6 is 0 Å². The number of anilines is 1. The number of carbonyl (C=O) groups excluding carboxylic acids is 1. The van der Waals surface area contributed by atoms with Gasteiger partial charge in [0, 0.05) is 11.8 Å². The van der Waals surface area contributed by atoms with E-state index in [1.54, 1.807) is 37.3 Å². The summed E-state index contributed by atoms with van der Waals surface area (Å²) in [6.07, 6.45) is -3.77. The van der Waals surface area contributed by atoms with Gasteiger partial charge in [0.2, 0.25) is 0 Å². The third-order valence-corrected chi connectivity index (χ3v) is 6.86. The third kappa shape index (κ3) is 8.78. The highest BCUT2D eigenvalue weighted by molar-refractivity contribution is 5.82. The summed E-state index contributed by atoms with van der Waals surface area (Å²) in [6.45, 7) is 9.24. The first kappa shape index (κ1) is 32.1. The van der Waals surface area contributed by atoms with Gasteiger partial charge in [0.25, 0.3) is 0 Å². The van der Waals surface area contributed by atoms with Gasteiger partial charge in [-0.2, -0.15) is 13.2 Å². The maximum Gasteiger partial charge on any atom is 0.418 e. The first-order valence-corrected chi connectivity index (χ1v) is 14.0. The zero-order chi connectivity index (χ0) is 30.3. The highest BCUT2D eigenvalue weighted by Crippen LogP contribution is 2.45. The number of nitrogens with one attached hydrogen (secondary N) is 1. The van der Waals surface area contributed by atoms with E-state index in [0.29, 0.717) is 24.0 Å². The van der Waals surface area contributed by atoms with E-state index in [2.05, 4.69) is 5.32 Å². The number of hydrogen-bond acceptors (Lipinski definition) is 3. The van der Waals surface area contributed by atoms with Gasteiger partial charge in [-0.15, -0.1) is 0 Å². The normalized spacial score (nSPS) is 13.4. The smallest absolute Gasteiger partial charge is 0.418 e. The Balaban J connectivity index is 2.32. The van der Waals surface area contributed by atoms with E-state index in [4.69, 9.17) is 4.74 Å². The van der Waals surface area contributed by atoms with Gasteiger partial charge in [-0.3, -0.25) is 4.79 Å². The average Bonchev–Trinajstić information content (AvgIpc) is 2.88. The molecule has 3 rings (SSSR count). The van der Waals surface area contributed by atoms with E-state index >= 15 is 0 Å². The van der Waals surface area contributed by atoms with Crippen molar-refractivity contribution in [2.45, 2.75) is 72.0 Å². The molecule has 41 heavy (non-hydrogen) atoms. The number of halogens is 5. The Morgan fingerprint density at radius 2 is 1.49 bits per heavy atom. The molecule has 2 unspecified atom stereocenters. The van der Waals surface area contributed by atoms with Crippen LogP contribution in [0, 0.1) is 23.5 Å². The van der Waals surface area contributed by atoms with E-state index in [-0.39, 0.29) is 41.7 Å². The molecule has 0 saturated carbocycles. The molecule has 0 saturated heterocycles. The Hall–Kier alpha value is -3.42. The van der Waals surface area contributed by atoms with Gasteiger partial charge < -0.3 is 10.1 Å². The molecule has 0 spiro atoms. The SMILES string of the molecule is CCOC(=O)C(CC(C)C)c1cc(-c2ccccc2)cc(NC(CCC(C)C)c2cc(F)cc(F)c2)c1C(F)(F)F. The summed E-state index contributed by atoms with van der Waals surface area (Å²) in [5, 5.41) is 3.00. The minimum atomic E-state index is -4.84. The molecule has 0 amide bonds. The Labute approximate surface area is 239 Å². The fourth-order valence-corrected chi connectivity index (χ4v) is 5.02. The molecule has 3 aromatic rings. The van der Waals surface area contributed by atoms with Crippen molar-refractivity contribution in [3.05, 3.63) is 89.0 Å². The number of rotatable bonds is 12. The van der Waals surface area contributed by atoms with Crippen LogP contribution in [0.3, 0.4) is 0 Å². The van der Waals surface area contributed by atoms with E-state index in [9.17, 15) is 26.7 Å². The Kier molecular flexibility index (Phi) is 10.9. The average molecular weight is 576 g/mol. The maximum absolute atomic E-state index is 15.0.